The van der Waals surface area contributed by atoms with Gasteiger partial charge >= 0.3 is 0 Å². The number of carbonyl (C=O) groups excluding carboxylic acids is 1. The van der Waals surface area contributed by atoms with Gasteiger partial charge in [-0.25, -0.2) is 4.99 Å². The zero-order valence-corrected chi connectivity index (χ0v) is 16.4. The third-order valence-electron chi connectivity index (χ3n) is 3.88. The van der Waals surface area contributed by atoms with Gasteiger partial charge in [-0.3, -0.25) is 4.79 Å². The maximum Gasteiger partial charge on any atom is 0.265 e. The van der Waals surface area contributed by atoms with E-state index in [1.54, 1.807) is 42.6 Å². The number of nitrogens with two attached hydrogens (primary N) is 2. The molecule has 6 nitrogen and oxygen atoms in total. The Labute approximate surface area is 173 Å². The van der Waals surface area contributed by atoms with E-state index in [0.717, 1.165) is 11.3 Å². The number of aliphatic imine (C=N–C) groups is 1. The van der Waals surface area contributed by atoms with E-state index in [9.17, 15) is 4.79 Å². The summed E-state index contributed by atoms with van der Waals surface area (Å²) in [4.78, 5) is 17.0. The summed E-state index contributed by atoms with van der Waals surface area (Å²) in [7, 11) is 0. The smallest absolute Gasteiger partial charge is 0.265 e. The SMILES string of the molecule is C=C(N=C/C=C(\N)c1ccc(NC(=O)c2cccs2)cc1)Nc1cccc(N)c1. The van der Waals surface area contributed by atoms with Gasteiger partial charge in [0.1, 0.15) is 5.82 Å². The Morgan fingerprint density at radius 1 is 1.03 bits per heavy atom. The molecule has 0 aliphatic rings. The summed E-state index contributed by atoms with van der Waals surface area (Å²) < 4.78 is 0. The van der Waals surface area contributed by atoms with Gasteiger partial charge in [0.05, 0.1) is 4.88 Å². The third kappa shape index (κ3) is 5.82. The molecule has 7 heteroatoms. The van der Waals surface area contributed by atoms with Crippen LogP contribution in [0.25, 0.3) is 5.70 Å². The lowest BCUT2D eigenvalue weighted by Crippen LogP contribution is -2.10. The first kappa shape index (κ1) is 19.9. The van der Waals surface area contributed by atoms with Gasteiger partial charge in [0, 0.05) is 29.0 Å². The quantitative estimate of drug-likeness (QED) is 0.343. The first-order valence-corrected chi connectivity index (χ1v) is 9.66. The predicted molar refractivity (Wildman–Crippen MR) is 123 cm³/mol. The molecule has 29 heavy (non-hydrogen) atoms. The molecule has 3 rings (SSSR count). The Kier molecular flexibility index (Phi) is 6.44. The normalized spacial score (nSPS) is 11.4. The number of hydrogen-bond acceptors (Lipinski definition) is 6. The minimum absolute atomic E-state index is 0.130. The van der Waals surface area contributed by atoms with Crippen LogP contribution in [0, 0.1) is 0 Å². The molecule has 0 unspecified atom stereocenters. The molecule has 0 bridgehead atoms. The average Bonchev–Trinajstić information content (AvgIpc) is 3.23. The molecule has 1 heterocycles. The van der Waals surface area contributed by atoms with Gasteiger partial charge < -0.3 is 22.1 Å². The van der Waals surface area contributed by atoms with Crippen LogP contribution in [0.15, 0.2) is 89.5 Å². The van der Waals surface area contributed by atoms with Crippen molar-refractivity contribution in [2.45, 2.75) is 0 Å². The summed E-state index contributed by atoms with van der Waals surface area (Å²) in [6.07, 6.45) is 3.26. The Balaban J connectivity index is 1.57. The molecule has 0 saturated heterocycles. The van der Waals surface area contributed by atoms with E-state index in [0.29, 0.717) is 27.8 Å². The van der Waals surface area contributed by atoms with Crippen LogP contribution in [0.3, 0.4) is 0 Å². The second-order valence-corrected chi connectivity index (χ2v) is 7.05. The van der Waals surface area contributed by atoms with Gasteiger partial charge in [-0.1, -0.05) is 30.8 Å². The van der Waals surface area contributed by atoms with Crippen molar-refractivity contribution in [2.24, 2.45) is 10.7 Å². The standard InChI is InChI=1S/C22H21N5OS/c1-15(26-19-5-2-4-17(23)14-19)25-12-11-20(24)16-7-9-18(10-8-16)27-22(28)21-6-3-13-29-21/h2-14,26H,1,23-24H2,(H,27,28)/b20-11-,25-12?. The lowest BCUT2D eigenvalue weighted by atomic mass is 10.1. The van der Waals surface area contributed by atoms with Crippen molar-refractivity contribution in [3.8, 4) is 0 Å². The highest BCUT2D eigenvalue weighted by Crippen LogP contribution is 2.17. The van der Waals surface area contributed by atoms with E-state index in [1.165, 1.54) is 11.3 Å². The summed E-state index contributed by atoms with van der Waals surface area (Å²) in [5.41, 5.74) is 15.4. The highest BCUT2D eigenvalue weighted by Gasteiger charge is 2.06. The highest BCUT2D eigenvalue weighted by atomic mass is 32.1. The van der Waals surface area contributed by atoms with Crippen molar-refractivity contribution < 1.29 is 4.79 Å². The van der Waals surface area contributed by atoms with Crippen LogP contribution < -0.4 is 22.1 Å². The van der Waals surface area contributed by atoms with Gasteiger partial charge in [0.2, 0.25) is 0 Å². The summed E-state index contributed by atoms with van der Waals surface area (Å²) >= 11 is 1.40. The molecule has 0 radical (unpaired) electrons. The molecule has 146 valence electrons. The molecule has 0 spiro atoms. The predicted octanol–water partition coefficient (Wildman–Crippen LogP) is 4.54. The summed E-state index contributed by atoms with van der Waals surface area (Å²) in [6, 6.07) is 18.2. The number of amides is 1. The van der Waals surface area contributed by atoms with Crippen LogP contribution >= 0.6 is 11.3 Å². The van der Waals surface area contributed by atoms with E-state index in [2.05, 4.69) is 22.2 Å². The fourth-order valence-electron chi connectivity index (χ4n) is 2.47. The van der Waals surface area contributed by atoms with E-state index in [4.69, 9.17) is 11.5 Å². The fraction of sp³-hybridized carbons (Fsp3) is 0. The van der Waals surface area contributed by atoms with Gasteiger partial charge in [-0.05, 0) is 53.4 Å². The molecule has 0 aliphatic heterocycles. The zero-order valence-electron chi connectivity index (χ0n) is 15.6. The molecule has 3 aromatic rings. The number of anilines is 3. The molecule has 0 fully saturated rings. The second kappa shape index (κ2) is 9.38. The van der Waals surface area contributed by atoms with Crippen molar-refractivity contribution in [3.63, 3.8) is 0 Å². The Morgan fingerprint density at radius 2 is 1.83 bits per heavy atom. The molecule has 6 N–H and O–H groups in total. The Bertz CT molecular complexity index is 1050. The molecular formula is C22H21N5OS. The number of carbonyl (C=O) groups is 1. The van der Waals surface area contributed by atoms with Crippen LogP contribution in [-0.4, -0.2) is 12.1 Å². The summed E-state index contributed by atoms with van der Waals surface area (Å²) in [6.45, 7) is 3.85. The minimum Gasteiger partial charge on any atom is -0.399 e. The van der Waals surface area contributed by atoms with E-state index in [-0.39, 0.29) is 5.91 Å². The number of nitrogen functional groups attached to an aromatic ring is 1. The largest absolute Gasteiger partial charge is 0.399 e. The van der Waals surface area contributed by atoms with Crippen molar-refractivity contribution in [2.75, 3.05) is 16.4 Å². The van der Waals surface area contributed by atoms with E-state index < -0.39 is 0 Å². The van der Waals surface area contributed by atoms with Gasteiger partial charge in [0.15, 0.2) is 0 Å². The van der Waals surface area contributed by atoms with Gasteiger partial charge in [0.25, 0.3) is 5.91 Å². The van der Waals surface area contributed by atoms with Crippen molar-refractivity contribution >= 4 is 46.2 Å². The highest BCUT2D eigenvalue weighted by molar-refractivity contribution is 7.12. The van der Waals surface area contributed by atoms with Crippen LogP contribution in [0.2, 0.25) is 0 Å². The summed E-state index contributed by atoms with van der Waals surface area (Å²) in [5, 5.41) is 7.77. The molecular weight excluding hydrogens is 382 g/mol. The number of allylic oxidation sites excluding steroid dienone is 1. The maximum atomic E-state index is 12.1. The van der Waals surface area contributed by atoms with E-state index >= 15 is 0 Å². The zero-order chi connectivity index (χ0) is 20.6. The molecule has 2 aromatic carbocycles. The van der Waals surface area contributed by atoms with Crippen LogP contribution in [0.1, 0.15) is 15.2 Å². The molecule has 0 atom stereocenters. The number of hydrogen-bond donors (Lipinski definition) is 4. The van der Waals surface area contributed by atoms with E-state index in [1.807, 2.05) is 35.7 Å². The first-order valence-electron chi connectivity index (χ1n) is 8.78. The third-order valence-corrected chi connectivity index (χ3v) is 4.75. The lowest BCUT2D eigenvalue weighted by Gasteiger charge is -2.06. The lowest BCUT2D eigenvalue weighted by molar-refractivity contribution is 0.103. The molecule has 0 saturated carbocycles. The molecule has 1 aromatic heterocycles. The number of rotatable bonds is 7. The maximum absolute atomic E-state index is 12.1. The second-order valence-electron chi connectivity index (χ2n) is 6.11. The number of nitrogens with one attached hydrogen (secondary N) is 2. The van der Waals surface area contributed by atoms with Crippen molar-refractivity contribution in [1.82, 2.24) is 0 Å². The molecule has 0 aliphatic carbocycles. The topological polar surface area (TPSA) is 106 Å². The Morgan fingerprint density at radius 3 is 2.52 bits per heavy atom. The van der Waals surface area contributed by atoms with Gasteiger partial charge in [-0.2, -0.15) is 0 Å². The minimum atomic E-state index is -0.130. The first-order chi connectivity index (χ1) is 14.0. The Hall–Kier alpha value is -3.84. The number of nitrogens with zero attached hydrogens (tertiary/aromatic N) is 1. The van der Waals surface area contributed by atoms with Crippen molar-refractivity contribution in [3.05, 3.63) is 95.0 Å². The van der Waals surface area contributed by atoms with Crippen LogP contribution in [-0.2, 0) is 0 Å². The van der Waals surface area contributed by atoms with Crippen molar-refractivity contribution in [1.29, 1.82) is 0 Å². The number of benzene rings is 2. The monoisotopic (exact) mass is 403 g/mol. The molecule has 1 amide bonds. The number of thiophene rings is 1. The fourth-order valence-corrected chi connectivity index (χ4v) is 3.08. The average molecular weight is 404 g/mol. The van der Waals surface area contributed by atoms with Crippen LogP contribution in [0.4, 0.5) is 17.1 Å². The summed E-state index contributed by atoms with van der Waals surface area (Å²) in [5.74, 6) is 0.334. The van der Waals surface area contributed by atoms with Crippen LogP contribution in [0.5, 0.6) is 0 Å². The van der Waals surface area contributed by atoms with Gasteiger partial charge in [-0.15, -0.1) is 11.3 Å².